The van der Waals surface area contributed by atoms with E-state index in [1.165, 1.54) is 67.3 Å². The van der Waals surface area contributed by atoms with Crippen LogP contribution in [0.4, 0.5) is 5.13 Å². The Hall–Kier alpha value is -0.610. The molecule has 0 aromatic carbocycles. The normalized spacial score (nSPS) is 22.2. The predicted molar refractivity (Wildman–Crippen MR) is 84.4 cm³/mol. The second-order valence-corrected chi connectivity index (χ2v) is 8.01. The highest BCUT2D eigenvalue weighted by atomic mass is 32.1. The Morgan fingerprint density at radius 2 is 1.75 bits per heavy atom. The smallest absolute Gasteiger partial charge is 0.185 e. The third-order valence-electron chi connectivity index (χ3n) is 4.63. The van der Waals surface area contributed by atoms with Gasteiger partial charge in [0.2, 0.25) is 0 Å². The highest BCUT2D eigenvalue weighted by molar-refractivity contribution is 7.15. The SMILES string of the molecule is Cc1nc(N(CC2CC2)CC2CC2)sc1CNC1CC1. The highest BCUT2D eigenvalue weighted by Crippen LogP contribution is 2.37. The van der Waals surface area contributed by atoms with Gasteiger partial charge in [-0.2, -0.15) is 0 Å². The van der Waals surface area contributed by atoms with Crippen molar-refractivity contribution in [3.05, 3.63) is 10.6 Å². The molecule has 0 unspecified atom stereocenters. The molecule has 3 aliphatic rings. The lowest BCUT2D eigenvalue weighted by atomic mass is 10.3. The molecule has 1 aromatic heterocycles. The van der Waals surface area contributed by atoms with Gasteiger partial charge in [0.1, 0.15) is 0 Å². The molecule has 4 heteroatoms. The van der Waals surface area contributed by atoms with Gasteiger partial charge in [-0.25, -0.2) is 4.98 Å². The van der Waals surface area contributed by atoms with Crippen LogP contribution in [-0.2, 0) is 6.54 Å². The van der Waals surface area contributed by atoms with E-state index in [2.05, 4.69) is 17.1 Å². The Morgan fingerprint density at radius 1 is 1.10 bits per heavy atom. The number of aromatic nitrogens is 1. The standard InChI is InChI=1S/C16H25N3S/c1-11-15(8-17-14-6-7-14)20-16(18-11)19(9-12-2-3-12)10-13-4-5-13/h12-14,17H,2-10H2,1H3. The number of nitrogens with zero attached hydrogens (tertiary/aromatic N) is 2. The van der Waals surface area contributed by atoms with Crippen molar-refractivity contribution < 1.29 is 0 Å². The second kappa shape index (κ2) is 5.30. The quantitative estimate of drug-likeness (QED) is 0.796. The van der Waals surface area contributed by atoms with Crippen LogP contribution in [0.15, 0.2) is 0 Å². The predicted octanol–water partition coefficient (Wildman–Crippen LogP) is 3.33. The Labute approximate surface area is 125 Å². The zero-order valence-electron chi connectivity index (χ0n) is 12.4. The summed E-state index contributed by atoms with van der Waals surface area (Å²) in [6.07, 6.45) is 8.45. The van der Waals surface area contributed by atoms with Gasteiger partial charge in [0.15, 0.2) is 5.13 Å². The maximum atomic E-state index is 4.88. The largest absolute Gasteiger partial charge is 0.348 e. The summed E-state index contributed by atoms with van der Waals surface area (Å²) in [5, 5.41) is 4.91. The van der Waals surface area contributed by atoms with Gasteiger partial charge >= 0.3 is 0 Å². The van der Waals surface area contributed by atoms with Crippen molar-refractivity contribution >= 4 is 16.5 Å². The van der Waals surface area contributed by atoms with Crippen molar-refractivity contribution in [1.29, 1.82) is 0 Å². The minimum atomic E-state index is 0.786. The molecule has 1 aromatic rings. The molecule has 0 aliphatic heterocycles. The van der Waals surface area contributed by atoms with Crippen molar-refractivity contribution in [3.8, 4) is 0 Å². The Kier molecular flexibility index (Phi) is 3.47. The van der Waals surface area contributed by atoms with E-state index in [0.717, 1.165) is 24.4 Å². The topological polar surface area (TPSA) is 28.2 Å². The molecule has 20 heavy (non-hydrogen) atoms. The van der Waals surface area contributed by atoms with Gasteiger partial charge in [-0.15, -0.1) is 11.3 Å². The van der Waals surface area contributed by atoms with Gasteiger partial charge < -0.3 is 10.2 Å². The number of aryl methyl sites for hydroxylation is 1. The highest BCUT2D eigenvalue weighted by Gasteiger charge is 2.31. The fraction of sp³-hybridized carbons (Fsp3) is 0.812. The lowest BCUT2D eigenvalue weighted by Gasteiger charge is -2.21. The molecule has 3 saturated carbocycles. The number of rotatable bonds is 8. The van der Waals surface area contributed by atoms with Crippen molar-refractivity contribution in [2.45, 2.75) is 58.0 Å². The molecular weight excluding hydrogens is 266 g/mol. The van der Waals surface area contributed by atoms with Crippen LogP contribution in [0, 0.1) is 18.8 Å². The summed E-state index contributed by atoms with van der Waals surface area (Å²) in [4.78, 5) is 8.91. The molecule has 0 radical (unpaired) electrons. The summed E-state index contributed by atoms with van der Waals surface area (Å²) in [6, 6.07) is 0.786. The van der Waals surface area contributed by atoms with E-state index in [-0.39, 0.29) is 0 Å². The minimum Gasteiger partial charge on any atom is -0.348 e. The van der Waals surface area contributed by atoms with Crippen LogP contribution in [-0.4, -0.2) is 24.1 Å². The summed E-state index contributed by atoms with van der Waals surface area (Å²) in [5.41, 5.74) is 1.25. The number of thiazole rings is 1. The van der Waals surface area contributed by atoms with Crippen molar-refractivity contribution in [3.63, 3.8) is 0 Å². The molecule has 1 N–H and O–H groups in total. The van der Waals surface area contributed by atoms with Crippen LogP contribution in [0.3, 0.4) is 0 Å². The fourth-order valence-corrected chi connectivity index (χ4v) is 3.72. The van der Waals surface area contributed by atoms with Gasteiger partial charge in [-0.05, 0) is 57.3 Å². The van der Waals surface area contributed by atoms with Crippen LogP contribution in [0.1, 0.15) is 49.1 Å². The molecule has 0 atom stereocenters. The van der Waals surface area contributed by atoms with Gasteiger partial charge in [0.05, 0.1) is 5.69 Å². The maximum Gasteiger partial charge on any atom is 0.185 e. The Bertz CT molecular complexity index is 458. The average molecular weight is 291 g/mol. The third kappa shape index (κ3) is 3.34. The van der Waals surface area contributed by atoms with Crippen LogP contribution in [0.25, 0.3) is 0 Å². The first-order valence-corrected chi connectivity index (χ1v) is 9.04. The summed E-state index contributed by atoms with van der Waals surface area (Å²) >= 11 is 1.93. The molecule has 0 spiro atoms. The first-order valence-electron chi connectivity index (χ1n) is 8.22. The summed E-state index contributed by atoms with van der Waals surface area (Å²) < 4.78 is 0. The van der Waals surface area contributed by atoms with E-state index in [9.17, 15) is 0 Å². The Balaban J connectivity index is 1.43. The maximum absolute atomic E-state index is 4.88. The van der Waals surface area contributed by atoms with E-state index in [1.54, 1.807) is 0 Å². The lowest BCUT2D eigenvalue weighted by molar-refractivity contribution is 0.676. The summed E-state index contributed by atoms with van der Waals surface area (Å²) in [6.45, 7) is 5.70. The first-order chi connectivity index (χ1) is 9.78. The molecule has 0 saturated heterocycles. The van der Waals surface area contributed by atoms with Gasteiger partial charge in [-0.3, -0.25) is 0 Å². The van der Waals surface area contributed by atoms with E-state index < -0.39 is 0 Å². The van der Waals surface area contributed by atoms with Crippen LogP contribution in [0.5, 0.6) is 0 Å². The first kappa shape index (κ1) is 13.1. The molecule has 1 heterocycles. The molecule has 3 aliphatic carbocycles. The summed E-state index contributed by atoms with van der Waals surface area (Å²) in [5.74, 6) is 1.90. The number of nitrogens with one attached hydrogen (secondary N) is 1. The molecular formula is C16H25N3S. The lowest BCUT2D eigenvalue weighted by Crippen LogP contribution is -2.27. The molecule has 3 nitrogen and oxygen atoms in total. The minimum absolute atomic E-state index is 0.786. The summed E-state index contributed by atoms with van der Waals surface area (Å²) in [7, 11) is 0. The molecule has 0 bridgehead atoms. The second-order valence-electron chi connectivity index (χ2n) is 6.95. The van der Waals surface area contributed by atoms with E-state index in [4.69, 9.17) is 4.98 Å². The number of hydrogen-bond acceptors (Lipinski definition) is 4. The van der Waals surface area contributed by atoms with E-state index in [0.29, 0.717) is 0 Å². The molecule has 4 rings (SSSR count). The zero-order valence-corrected chi connectivity index (χ0v) is 13.2. The molecule has 3 fully saturated rings. The number of anilines is 1. The van der Waals surface area contributed by atoms with Crippen molar-refractivity contribution in [2.24, 2.45) is 11.8 Å². The Morgan fingerprint density at radius 3 is 2.30 bits per heavy atom. The average Bonchev–Trinajstić information content (AvgIpc) is 3.28. The molecule has 0 amide bonds. The van der Waals surface area contributed by atoms with Crippen LogP contribution >= 0.6 is 11.3 Å². The third-order valence-corrected chi connectivity index (χ3v) is 5.85. The molecule has 110 valence electrons. The zero-order chi connectivity index (χ0) is 13.5. The van der Waals surface area contributed by atoms with Gasteiger partial charge in [0.25, 0.3) is 0 Å². The fourth-order valence-electron chi connectivity index (χ4n) is 2.69. The van der Waals surface area contributed by atoms with Crippen LogP contribution < -0.4 is 10.2 Å². The van der Waals surface area contributed by atoms with E-state index >= 15 is 0 Å². The van der Waals surface area contributed by atoms with E-state index in [1.807, 2.05) is 11.3 Å². The van der Waals surface area contributed by atoms with Gasteiger partial charge in [-0.1, -0.05) is 0 Å². The van der Waals surface area contributed by atoms with Crippen molar-refractivity contribution in [2.75, 3.05) is 18.0 Å². The van der Waals surface area contributed by atoms with Crippen molar-refractivity contribution in [1.82, 2.24) is 10.3 Å². The number of hydrogen-bond donors (Lipinski definition) is 1. The van der Waals surface area contributed by atoms with Crippen LogP contribution in [0.2, 0.25) is 0 Å². The van der Waals surface area contributed by atoms with Gasteiger partial charge in [0, 0.05) is 30.6 Å². The monoisotopic (exact) mass is 291 g/mol.